The van der Waals surface area contributed by atoms with E-state index < -0.39 is 5.60 Å². The highest BCUT2D eigenvalue weighted by Crippen LogP contribution is 2.29. The Morgan fingerprint density at radius 2 is 2.28 bits per heavy atom. The molecule has 0 spiro atoms. The van der Waals surface area contributed by atoms with Gasteiger partial charge in [-0.25, -0.2) is 0 Å². The summed E-state index contributed by atoms with van der Waals surface area (Å²) in [7, 11) is 0. The van der Waals surface area contributed by atoms with Crippen molar-refractivity contribution in [1.82, 2.24) is 5.32 Å². The van der Waals surface area contributed by atoms with Gasteiger partial charge < -0.3 is 16.2 Å². The molecule has 1 heterocycles. The van der Waals surface area contributed by atoms with Gasteiger partial charge in [0, 0.05) is 11.4 Å². The van der Waals surface area contributed by atoms with Crippen molar-refractivity contribution in [2.75, 3.05) is 13.1 Å². The summed E-state index contributed by atoms with van der Waals surface area (Å²) in [5.74, 6) is 0.437. The molecule has 0 bridgehead atoms. The first-order chi connectivity index (χ1) is 8.68. The van der Waals surface area contributed by atoms with Gasteiger partial charge in [-0.1, -0.05) is 18.9 Å². The molecule has 1 aromatic rings. The minimum Gasteiger partial charge on any atom is -0.388 e. The number of thiophene rings is 1. The smallest absolute Gasteiger partial charge is 0.188 e. The molecule has 0 amide bonds. The number of guanidine groups is 1. The average Bonchev–Trinajstić information content (AvgIpc) is 2.99. The van der Waals surface area contributed by atoms with Gasteiger partial charge in [-0.15, -0.1) is 11.3 Å². The SMILES string of the molecule is NC(=NCC1(O)CCCC1)NCCc1cccs1. The molecule has 1 fully saturated rings. The fourth-order valence-corrected chi connectivity index (χ4v) is 2.96. The van der Waals surface area contributed by atoms with Crippen LogP contribution in [0.2, 0.25) is 0 Å². The second kappa shape index (κ2) is 6.20. The predicted octanol–water partition coefficient (Wildman–Crippen LogP) is 1.50. The van der Waals surface area contributed by atoms with E-state index in [1.54, 1.807) is 11.3 Å². The zero-order valence-corrected chi connectivity index (χ0v) is 11.4. The summed E-state index contributed by atoms with van der Waals surface area (Å²) in [5.41, 5.74) is 5.17. The van der Waals surface area contributed by atoms with Crippen LogP contribution in [0.3, 0.4) is 0 Å². The van der Waals surface area contributed by atoms with E-state index >= 15 is 0 Å². The quantitative estimate of drug-likeness (QED) is 0.559. The van der Waals surface area contributed by atoms with Gasteiger partial charge >= 0.3 is 0 Å². The van der Waals surface area contributed by atoms with E-state index in [1.807, 2.05) is 6.07 Å². The zero-order chi connectivity index (χ0) is 12.8. The number of nitrogens with two attached hydrogens (primary N) is 1. The first-order valence-electron chi connectivity index (χ1n) is 6.47. The van der Waals surface area contributed by atoms with Crippen molar-refractivity contribution in [1.29, 1.82) is 0 Å². The molecule has 0 saturated heterocycles. The number of nitrogens with one attached hydrogen (secondary N) is 1. The van der Waals surface area contributed by atoms with E-state index in [4.69, 9.17) is 5.73 Å². The summed E-state index contributed by atoms with van der Waals surface area (Å²) >= 11 is 1.75. The fraction of sp³-hybridized carbons (Fsp3) is 0.615. The van der Waals surface area contributed by atoms with Crippen LogP contribution in [0.5, 0.6) is 0 Å². The maximum Gasteiger partial charge on any atom is 0.188 e. The fourth-order valence-electron chi connectivity index (χ4n) is 2.25. The van der Waals surface area contributed by atoms with Gasteiger partial charge in [0.1, 0.15) is 0 Å². The highest BCUT2D eigenvalue weighted by Gasteiger charge is 2.30. The van der Waals surface area contributed by atoms with E-state index in [0.717, 1.165) is 38.6 Å². The molecule has 1 aliphatic carbocycles. The maximum atomic E-state index is 10.1. The molecule has 0 unspecified atom stereocenters. The summed E-state index contributed by atoms with van der Waals surface area (Å²) in [4.78, 5) is 5.57. The number of nitrogens with zero attached hydrogens (tertiary/aromatic N) is 1. The number of hydrogen-bond donors (Lipinski definition) is 3. The van der Waals surface area contributed by atoms with Crippen molar-refractivity contribution >= 4 is 17.3 Å². The van der Waals surface area contributed by atoms with Gasteiger partial charge in [0.15, 0.2) is 5.96 Å². The monoisotopic (exact) mass is 267 g/mol. The van der Waals surface area contributed by atoms with Gasteiger partial charge in [0.2, 0.25) is 0 Å². The summed E-state index contributed by atoms with van der Waals surface area (Å²) in [6.07, 6.45) is 4.84. The van der Waals surface area contributed by atoms with Crippen molar-refractivity contribution in [3.05, 3.63) is 22.4 Å². The Hall–Kier alpha value is -1.07. The summed E-state index contributed by atoms with van der Waals surface area (Å²) in [5, 5.41) is 15.3. The molecule has 0 aliphatic heterocycles. The molecule has 4 nitrogen and oxygen atoms in total. The Balaban J connectivity index is 1.69. The van der Waals surface area contributed by atoms with E-state index in [1.165, 1.54) is 4.88 Å². The molecule has 5 heteroatoms. The number of aliphatic imine (C=N–C) groups is 1. The number of hydrogen-bond acceptors (Lipinski definition) is 3. The van der Waals surface area contributed by atoms with Crippen LogP contribution in [0.1, 0.15) is 30.6 Å². The van der Waals surface area contributed by atoms with Crippen molar-refractivity contribution in [2.45, 2.75) is 37.7 Å². The van der Waals surface area contributed by atoms with Crippen LogP contribution in [-0.4, -0.2) is 29.8 Å². The van der Waals surface area contributed by atoms with Crippen LogP contribution >= 0.6 is 11.3 Å². The van der Waals surface area contributed by atoms with E-state index in [0.29, 0.717) is 12.5 Å². The Kier molecular flexibility index (Phi) is 4.60. The van der Waals surface area contributed by atoms with Crippen LogP contribution in [-0.2, 0) is 6.42 Å². The molecule has 2 rings (SSSR count). The lowest BCUT2D eigenvalue weighted by atomic mass is 10.0. The van der Waals surface area contributed by atoms with Crippen LogP contribution in [0.4, 0.5) is 0 Å². The molecular weight excluding hydrogens is 246 g/mol. The summed E-state index contributed by atoms with van der Waals surface area (Å²) in [6.45, 7) is 1.21. The Labute approximate surface area is 112 Å². The maximum absolute atomic E-state index is 10.1. The molecule has 4 N–H and O–H groups in total. The lowest BCUT2D eigenvalue weighted by molar-refractivity contribution is 0.0575. The molecule has 100 valence electrons. The standard InChI is InChI=1S/C13H21N3OS/c14-12(15-8-5-11-4-3-9-18-11)16-10-13(17)6-1-2-7-13/h3-4,9,17H,1-2,5-8,10H2,(H3,14,15,16). The largest absolute Gasteiger partial charge is 0.388 e. The Morgan fingerprint density at radius 3 is 2.94 bits per heavy atom. The van der Waals surface area contributed by atoms with Crippen LogP contribution in [0.15, 0.2) is 22.5 Å². The molecule has 18 heavy (non-hydrogen) atoms. The second-order valence-corrected chi connectivity index (χ2v) is 5.92. The van der Waals surface area contributed by atoms with Crippen molar-refractivity contribution in [3.63, 3.8) is 0 Å². The van der Waals surface area contributed by atoms with Crippen molar-refractivity contribution < 1.29 is 5.11 Å². The average molecular weight is 267 g/mol. The van der Waals surface area contributed by atoms with Gasteiger partial charge in [-0.2, -0.15) is 0 Å². The van der Waals surface area contributed by atoms with Gasteiger partial charge in [-0.05, 0) is 30.7 Å². The molecule has 1 aliphatic rings. The summed E-state index contributed by atoms with van der Waals surface area (Å²) < 4.78 is 0. The van der Waals surface area contributed by atoms with Gasteiger partial charge in [0.05, 0.1) is 12.1 Å². The molecule has 0 atom stereocenters. The first kappa shape index (κ1) is 13.4. The minimum atomic E-state index is -0.611. The third-order valence-corrected chi connectivity index (χ3v) is 4.27. The van der Waals surface area contributed by atoms with Gasteiger partial charge in [-0.3, -0.25) is 4.99 Å². The van der Waals surface area contributed by atoms with Gasteiger partial charge in [0.25, 0.3) is 0 Å². The van der Waals surface area contributed by atoms with Crippen molar-refractivity contribution in [3.8, 4) is 0 Å². The minimum absolute atomic E-state index is 0.421. The molecule has 0 aromatic carbocycles. The zero-order valence-electron chi connectivity index (χ0n) is 10.6. The molecule has 0 radical (unpaired) electrons. The highest BCUT2D eigenvalue weighted by atomic mass is 32.1. The Bertz CT molecular complexity index is 383. The molecule has 1 aromatic heterocycles. The van der Waals surface area contributed by atoms with Crippen molar-refractivity contribution in [2.24, 2.45) is 10.7 Å². The van der Waals surface area contributed by atoms with Crippen LogP contribution in [0, 0.1) is 0 Å². The lowest BCUT2D eigenvalue weighted by Crippen LogP contribution is -2.36. The van der Waals surface area contributed by atoms with E-state index in [2.05, 4.69) is 21.8 Å². The third-order valence-electron chi connectivity index (χ3n) is 3.34. The highest BCUT2D eigenvalue weighted by molar-refractivity contribution is 7.09. The normalized spacial score (nSPS) is 19.1. The lowest BCUT2D eigenvalue weighted by Gasteiger charge is -2.19. The molecular formula is C13H21N3OS. The second-order valence-electron chi connectivity index (χ2n) is 4.89. The molecule has 1 saturated carbocycles. The van der Waals surface area contributed by atoms with Crippen LogP contribution < -0.4 is 11.1 Å². The number of aliphatic hydroxyl groups is 1. The van der Waals surface area contributed by atoms with E-state index in [9.17, 15) is 5.11 Å². The number of rotatable bonds is 5. The third kappa shape index (κ3) is 3.99. The summed E-state index contributed by atoms with van der Waals surface area (Å²) in [6, 6.07) is 4.16. The predicted molar refractivity (Wildman–Crippen MR) is 75.9 cm³/mol. The van der Waals surface area contributed by atoms with Crippen LogP contribution in [0.25, 0.3) is 0 Å². The van der Waals surface area contributed by atoms with E-state index in [-0.39, 0.29) is 0 Å². The first-order valence-corrected chi connectivity index (χ1v) is 7.34. The Morgan fingerprint density at radius 1 is 1.50 bits per heavy atom. The topological polar surface area (TPSA) is 70.6 Å².